The molecule has 6 heterocycles. The number of benzene rings is 2. The maximum atomic E-state index is 11.9. The van der Waals surface area contributed by atoms with Gasteiger partial charge in [-0.05, 0) is 85.7 Å². The van der Waals surface area contributed by atoms with E-state index in [-0.39, 0.29) is 51.2 Å². The fourth-order valence-corrected chi connectivity index (χ4v) is 7.64. The molecular formula is C46H49BN10NaO4. The van der Waals surface area contributed by atoms with Gasteiger partial charge in [-0.1, -0.05) is 0 Å². The van der Waals surface area contributed by atoms with Gasteiger partial charge in [-0.15, -0.1) is 0 Å². The molecule has 4 aromatic heterocycles. The van der Waals surface area contributed by atoms with Gasteiger partial charge in [0.25, 0.3) is 0 Å². The van der Waals surface area contributed by atoms with Gasteiger partial charge in [-0.2, -0.15) is 10.5 Å². The van der Waals surface area contributed by atoms with Crippen molar-refractivity contribution in [3.63, 3.8) is 0 Å². The van der Waals surface area contributed by atoms with E-state index in [2.05, 4.69) is 28.2 Å². The van der Waals surface area contributed by atoms with Crippen LogP contribution in [0, 0.1) is 36.5 Å². The number of aromatic nitrogens is 6. The van der Waals surface area contributed by atoms with E-state index in [9.17, 15) is 9.59 Å². The fourth-order valence-electron chi connectivity index (χ4n) is 7.64. The number of nitrogens with zero attached hydrogens (tertiary/aromatic N) is 10. The number of hydrogen-bond donors (Lipinski definition) is 0. The van der Waals surface area contributed by atoms with Crippen LogP contribution in [0.1, 0.15) is 55.8 Å². The van der Waals surface area contributed by atoms with Crippen molar-refractivity contribution in [1.29, 1.82) is 10.5 Å². The van der Waals surface area contributed by atoms with E-state index < -0.39 is 0 Å². The number of likely N-dealkylation sites (tertiary alicyclic amines) is 2. The van der Waals surface area contributed by atoms with Gasteiger partial charge in [0, 0.05) is 83.8 Å². The number of allylic oxidation sites excluding steroid dienone is 1. The molecule has 0 atom stereocenters. The number of nitriles is 2. The van der Waals surface area contributed by atoms with Crippen LogP contribution in [-0.4, -0.2) is 98.5 Å². The third-order valence-electron chi connectivity index (χ3n) is 11.0. The maximum absolute atomic E-state index is 11.9. The van der Waals surface area contributed by atoms with E-state index in [0.717, 1.165) is 98.5 Å². The standard InChI is InChI=1S/C23H25N5O2.C23H23N5O2.B.Na.H/c2*1-16-11-19-18(12-17(16)5-3-7-24)22(30-10-9-28-8-4-6-23(28)29)13-20(26-19)21-14-25-15-27(21)2;;;/h11-15H,3-6,8-10H2,1-2H3;3,5,11-15H,4,6,8-10H2,1-2H3;;;/q;;;+1;-1/b;5-3+;;;. The van der Waals surface area contributed by atoms with Crippen LogP contribution >= 0.6 is 0 Å². The zero-order valence-electron chi connectivity index (χ0n) is 37.1. The number of imidazole rings is 2. The number of ether oxygens (including phenoxy) is 2. The SMILES string of the molecule is Cc1cc2nc(-c3cncn3C)cc(OCCN3CCCC3=O)c2cc1/C=C/C#N.Cc1cc2nc(-c3cncn3C)cc(OCCN3CCCC3=O)c2cc1CCC#N.[B].[H-].[Na+]. The predicted octanol–water partition coefficient (Wildman–Crippen LogP) is 3.62. The Hall–Kier alpha value is -6.00. The molecule has 62 heavy (non-hydrogen) atoms. The first-order valence-corrected chi connectivity index (χ1v) is 20.2. The van der Waals surface area contributed by atoms with Crippen molar-refractivity contribution in [3.05, 3.63) is 89.8 Å². The second-order valence-corrected chi connectivity index (χ2v) is 15.1. The van der Waals surface area contributed by atoms with Crippen LogP contribution in [0.3, 0.4) is 0 Å². The van der Waals surface area contributed by atoms with E-state index in [1.165, 1.54) is 6.08 Å². The maximum Gasteiger partial charge on any atom is 1.00 e. The van der Waals surface area contributed by atoms with Crippen molar-refractivity contribution in [2.45, 2.75) is 52.4 Å². The first-order chi connectivity index (χ1) is 29.1. The van der Waals surface area contributed by atoms with Gasteiger partial charge in [0.15, 0.2) is 0 Å². The van der Waals surface area contributed by atoms with Gasteiger partial charge in [0.2, 0.25) is 11.8 Å². The fraction of sp³-hybridized carbons (Fsp3) is 0.348. The Morgan fingerprint density at radius 2 is 1.27 bits per heavy atom. The Morgan fingerprint density at radius 1 is 0.758 bits per heavy atom. The Kier molecular flexibility index (Phi) is 16.5. The molecule has 0 N–H and O–H groups in total. The Morgan fingerprint density at radius 3 is 1.73 bits per heavy atom. The van der Waals surface area contributed by atoms with Gasteiger partial charge in [-0.25, -0.2) is 19.9 Å². The summed E-state index contributed by atoms with van der Waals surface area (Å²) in [4.78, 5) is 45.5. The normalized spacial score (nSPS) is 13.5. The molecule has 0 saturated carbocycles. The number of aryl methyl sites for hydroxylation is 5. The van der Waals surface area contributed by atoms with Gasteiger partial charge in [0.05, 0.1) is 84.1 Å². The van der Waals surface area contributed by atoms with Gasteiger partial charge in [0.1, 0.15) is 24.7 Å². The average Bonchev–Trinajstić information content (AvgIpc) is 4.06. The molecule has 0 spiro atoms. The van der Waals surface area contributed by atoms with Crippen LogP contribution in [0.2, 0.25) is 0 Å². The van der Waals surface area contributed by atoms with Crippen LogP contribution < -0.4 is 39.0 Å². The van der Waals surface area contributed by atoms with Crippen molar-refractivity contribution >= 4 is 48.1 Å². The summed E-state index contributed by atoms with van der Waals surface area (Å²) in [5.41, 5.74) is 9.22. The smallest absolute Gasteiger partial charge is 1.00 e. The van der Waals surface area contributed by atoms with Gasteiger partial charge in [-0.3, -0.25) is 9.59 Å². The summed E-state index contributed by atoms with van der Waals surface area (Å²) in [6.07, 6.45) is 14.6. The van der Waals surface area contributed by atoms with Crippen molar-refractivity contribution in [2.24, 2.45) is 14.1 Å². The molecule has 2 aliphatic heterocycles. The van der Waals surface area contributed by atoms with Crippen LogP contribution in [-0.2, 0) is 30.1 Å². The summed E-state index contributed by atoms with van der Waals surface area (Å²) in [5, 5.41) is 19.6. The largest absolute Gasteiger partial charge is 1.00 e. The predicted molar refractivity (Wildman–Crippen MR) is 235 cm³/mol. The zero-order valence-corrected chi connectivity index (χ0v) is 38.1. The summed E-state index contributed by atoms with van der Waals surface area (Å²) >= 11 is 0. The Labute approximate surface area is 387 Å². The number of rotatable bonds is 13. The topological polar surface area (TPSA) is 168 Å². The summed E-state index contributed by atoms with van der Waals surface area (Å²) in [5.74, 6) is 1.83. The molecule has 2 saturated heterocycles. The Balaban J connectivity index is 0.000000264. The molecule has 8 rings (SSSR count). The molecule has 0 bridgehead atoms. The van der Waals surface area contributed by atoms with Crippen LogP contribution in [0.25, 0.3) is 50.7 Å². The molecule has 311 valence electrons. The summed E-state index contributed by atoms with van der Waals surface area (Å²) in [6, 6.07) is 16.2. The molecule has 14 nitrogen and oxygen atoms in total. The number of carbonyl (C=O) groups excluding carboxylic acids is 2. The first-order valence-electron chi connectivity index (χ1n) is 20.2. The molecule has 16 heteroatoms. The number of carbonyl (C=O) groups is 2. The molecular weight excluding hydrogens is 790 g/mol. The van der Waals surface area contributed by atoms with Crippen molar-refractivity contribution in [3.8, 4) is 46.4 Å². The summed E-state index contributed by atoms with van der Waals surface area (Å²) < 4.78 is 16.2. The molecule has 3 radical (unpaired) electrons. The molecule has 2 fully saturated rings. The monoisotopic (exact) mass is 839 g/mol. The van der Waals surface area contributed by atoms with E-state index >= 15 is 0 Å². The van der Waals surface area contributed by atoms with Gasteiger partial charge >= 0.3 is 29.6 Å². The third kappa shape index (κ3) is 10.9. The zero-order chi connectivity index (χ0) is 42.2. The second-order valence-electron chi connectivity index (χ2n) is 15.1. The van der Waals surface area contributed by atoms with Crippen molar-refractivity contribution in [2.75, 3.05) is 39.4 Å². The number of pyridine rings is 2. The third-order valence-corrected chi connectivity index (χ3v) is 11.0. The summed E-state index contributed by atoms with van der Waals surface area (Å²) in [6.45, 7) is 7.62. The van der Waals surface area contributed by atoms with E-state index in [0.29, 0.717) is 57.7 Å². The second kappa shape index (κ2) is 21.7. The van der Waals surface area contributed by atoms with Crippen LogP contribution in [0.5, 0.6) is 11.5 Å². The Bertz CT molecular complexity index is 2690. The van der Waals surface area contributed by atoms with Gasteiger partial charge < -0.3 is 29.8 Å². The van der Waals surface area contributed by atoms with E-state index in [4.69, 9.17) is 30.0 Å². The summed E-state index contributed by atoms with van der Waals surface area (Å²) in [7, 11) is 3.86. The number of amides is 2. The minimum Gasteiger partial charge on any atom is -1.00 e. The molecule has 6 aromatic rings. The minimum absolute atomic E-state index is 0. The number of fused-ring (bicyclic) bond motifs is 2. The van der Waals surface area contributed by atoms with Crippen molar-refractivity contribution < 1.29 is 50.0 Å². The van der Waals surface area contributed by atoms with E-state index in [1.54, 1.807) is 31.1 Å². The van der Waals surface area contributed by atoms with Crippen LogP contribution in [0.4, 0.5) is 0 Å². The van der Waals surface area contributed by atoms with E-state index in [1.807, 2.05) is 77.2 Å². The first kappa shape index (κ1) is 47.1. The molecule has 2 aromatic carbocycles. The minimum atomic E-state index is 0. The van der Waals surface area contributed by atoms with Crippen molar-refractivity contribution in [1.82, 2.24) is 38.9 Å². The quantitative estimate of drug-likeness (QED) is 0.124. The molecule has 0 unspecified atom stereocenters. The molecule has 2 amide bonds. The van der Waals surface area contributed by atoms with Crippen LogP contribution in [0.15, 0.2) is 67.5 Å². The average molecular weight is 840 g/mol. The molecule has 0 aliphatic carbocycles. The number of hydrogen-bond acceptors (Lipinski definition) is 10. The molecule has 2 aliphatic rings.